The lowest BCUT2D eigenvalue weighted by Crippen LogP contribution is -2.50. The van der Waals surface area contributed by atoms with Gasteiger partial charge in [0.05, 0.1) is 0 Å². The molecule has 0 atom stereocenters. The van der Waals surface area contributed by atoms with Crippen molar-refractivity contribution in [2.45, 2.75) is 51.7 Å². The van der Waals surface area contributed by atoms with Gasteiger partial charge in [-0.3, -0.25) is 4.99 Å². The van der Waals surface area contributed by atoms with E-state index in [-0.39, 0.29) is 0 Å². The van der Waals surface area contributed by atoms with Crippen molar-refractivity contribution < 1.29 is 0 Å². The number of hydrogen-bond donors (Lipinski definition) is 2. The maximum absolute atomic E-state index is 4.39. The van der Waals surface area contributed by atoms with Gasteiger partial charge in [0.1, 0.15) is 0 Å². The van der Waals surface area contributed by atoms with E-state index in [1.165, 1.54) is 31.5 Å². The minimum absolute atomic E-state index is 0.539. The van der Waals surface area contributed by atoms with Crippen LogP contribution in [0.5, 0.6) is 0 Å². The van der Waals surface area contributed by atoms with E-state index in [1.807, 2.05) is 7.05 Å². The molecule has 0 unspecified atom stereocenters. The quantitative estimate of drug-likeness (QED) is 0.425. The molecule has 0 radical (unpaired) electrons. The van der Waals surface area contributed by atoms with Crippen LogP contribution in [0, 0.1) is 0 Å². The summed E-state index contributed by atoms with van der Waals surface area (Å²) in [6, 6.07) is 11.8. The van der Waals surface area contributed by atoms with Gasteiger partial charge < -0.3 is 20.4 Å². The van der Waals surface area contributed by atoms with Crippen LogP contribution in [0.3, 0.4) is 0 Å². The lowest BCUT2D eigenvalue weighted by atomic mass is 10.0. The molecule has 0 aliphatic carbocycles. The molecule has 1 aliphatic heterocycles. The summed E-state index contributed by atoms with van der Waals surface area (Å²) in [5, 5.41) is 7.06. The molecular weight excluding hydrogens is 322 g/mol. The van der Waals surface area contributed by atoms with E-state index in [2.05, 4.69) is 76.7 Å². The molecule has 5 nitrogen and oxygen atoms in total. The molecule has 1 fully saturated rings. The van der Waals surface area contributed by atoms with Crippen molar-refractivity contribution in [2.24, 2.45) is 4.99 Å². The second kappa shape index (κ2) is 11.2. The zero-order valence-corrected chi connectivity index (χ0v) is 17.0. The highest BCUT2D eigenvalue weighted by molar-refractivity contribution is 5.79. The maximum Gasteiger partial charge on any atom is 0.191 e. The van der Waals surface area contributed by atoms with Gasteiger partial charge in [-0.15, -0.1) is 0 Å². The van der Waals surface area contributed by atoms with Gasteiger partial charge >= 0.3 is 0 Å². The summed E-state index contributed by atoms with van der Waals surface area (Å²) in [7, 11) is 4.04. The second-order valence-corrected chi connectivity index (χ2v) is 7.62. The highest BCUT2D eigenvalue weighted by Crippen LogP contribution is 2.12. The lowest BCUT2D eigenvalue weighted by molar-refractivity contribution is 0.167. The number of likely N-dealkylation sites (tertiary alicyclic amines) is 1. The average molecular weight is 360 g/mol. The van der Waals surface area contributed by atoms with E-state index in [0.717, 1.165) is 32.0 Å². The number of nitrogens with one attached hydrogen (secondary N) is 2. The molecule has 1 aromatic rings. The van der Waals surface area contributed by atoms with Crippen LogP contribution in [-0.2, 0) is 6.54 Å². The Hall–Kier alpha value is -1.59. The van der Waals surface area contributed by atoms with Crippen molar-refractivity contribution in [1.82, 2.24) is 20.4 Å². The molecule has 0 bridgehead atoms. The van der Waals surface area contributed by atoms with Crippen LogP contribution in [0.15, 0.2) is 35.3 Å². The maximum atomic E-state index is 4.39. The van der Waals surface area contributed by atoms with Crippen LogP contribution in [0.25, 0.3) is 0 Å². The monoisotopic (exact) mass is 359 g/mol. The molecule has 0 amide bonds. The van der Waals surface area contributed by atoms with E-state index in [9.17, 15) is 0 Å². The first-order valence-electron chi connectivity index (χ1n) is 10.0. The first-order chi connectivity index (χ1) is 12.6. The predicted molar refractivity (Wildman–Crippen MR) is 112 cm³/mol. The van der Waals surface area contributed by atoms with Crippen LogP contribution in [-0.4, -0.2) is 68.1 Å². The largest absolute Gasteiger partial charge is 0.356 e. The number of guanidine groups is 1. The molecule has 0 aromatic heterocycles. The van der Waals surface area contributed by atoms with Gasteiger partial charge in [0.15, 0.2) is 5.96 Å². The number of aliphatic imine (C=N–C) groups is 1. The number of rotatable bonds is 8. The summed E-state index contributed by atoms with van der Waals surface area (Å²) in [4.78, 5) is 9.31. The Bertz CT molecular complexity index is 520. The van der Waals surface area contributed by atoms with E-state index in [4.69, 9.17) is 0 Å². The minimum atomic E-state index is 0.539. The van der Waals surface area contributed by atoms with Crippen molar-refractivity contribution in [2.75, 3.05) is 40.3 Å². The van der Waals surface area contributed by atoms with Gasteiger partial charge in [-0.1, -0.05) is 30.3 Å². The third kappa shape index (κ3) is 7.34. The summed E-state index contributed by atoms with van der Waals surface area (Å²) >= 11 is 0. The molecule has 0 saturated carbocycles. The van der Waals surface area contributed by atoms with Crippen molar-refractivity contribution in [3.63, 3.8) is 0 Å². The number of nitrogens with zero attached hydrogens (tertiary/aromatic N) is 3. The summed E-state index contributed by atoms with van der Waals surface area (Å²) in [5.41, 5.74) is 1.37. The van der Waals surface area contributed by atoms with Crippen LogP contribution in [0.4, 0.5) is 0 Å². The molecule has 0 spiro atoms. The Labute approximate surface area is 159 Å². The standard InChI is InChI=1S/C21H37N5/c1-18(2)26-15-11-20(12-16-26)24-21(22-3)23-13-8-14-25(4)17-19-9-6-5-7-10-19/h5-7,9-10,18,20H,8,11-17H2,1-4H3,(H2,22,23,24). The van der Waals surface area contributed by atoms with E-state index < -0.39 is 0 Å². The highest BCUT2D eigenvalue weighted by atomic mass is 15.2. The van der Waals surface area contributed by atoms with Crippen LogP contribution in [0.1, 0.15) is 38.7 Å². The zero-order chi connectivity index (χ0) is 18.8. The minimum Gasteiger partial charge on any atom is -0.356 e. The van der Waals surface area contributed by atoms with Crippen molar-refractivity contribution in [3.8, 4) is 0 Å². The predicted octanol–water partition coefficient (Wildman–Crippen LogP) is 2.55. The molecular formula is C21H37N5. The van der Waals surface area contributed by atoms with Crippen LogP contribution in [0.2, 0.25) is 0 Å². The van der Waals surface area contributed by atoms with Gasteiger partial charge in [-0.05, 0) is 52.3 Å². The number of piperidine rings is 1. The Morgan fingerprint density at radius 1 is 1.23 bits per heavy atom. The smallest absolute Gasteiger partial charge is 0.191 e. The first kappa shape index (κ1) is 20.7. The van der Waals surface area contributed by atoms with Crippen molar-refractivity contribution in [3.05, 3.63) is 35.9 Å². The fourth-order valence-electron chi connectivity index (χ4n) is 3.48. The highest BCUT2D eigenvalue weighted by Gasteiger charge is 2.21. The molecule has 1 heterocycles. The normalized spacial score (nSPS) is 17.1. The summed E-state index contributed by atoms with van der Waals surface area (Å²) in [5.74, 6) is 0.943. The molecule has 1 saturated heterocycles. The van der Waals surface area contributed by atoms with Gasteiger partial charge in [-0.2, -0.15) is 0 Å². The van der Waals surface area contributed by atoms with Crippen molar-refractivity contribution >= 4 is 5.96 Å². The molecule has 2 rings (SSSR count). The third-order valence-electron chi connectivity index (χ3n) is 5.13. The summed E-state index contributed by atoms with van der Waals surface area (Å²) in [6.45, 7) is 9.94. The fourth-order valence-corrected chi connectivity index (χ4v) is 3.48. The molecule has 146 valence electrons. The average Bonchev–Trinajstić information content (AvgIpc) is 2.65. The number of hydrogen-bond acceptors (Lipinski definition) is 3. The summed E-state index contributed by atoms with van der Waals surface area (Å²) < 4.78 is 0. The first-order valence-corrected chi connectivity index (χ1v) is 10.0. The van der Waals surface area contributed by atoms with Gasteiger partial charge in [0.25, 0.3) is 0 Å². The zero-order valence-electron chi connectivity index (χ0n) is 17.0. The fraction of sp³-hybridized carbons (Fsp3) is 0.667. The molecule has 26 heavy (non-hydrogen) atoms. The Morgan fingerprint density at radius 2 is 1.92 bits per heavy atom. The Balaban J connectivity index is 1.60. The van der Waals surface area contributed by atoms with Crippen molar-refractivity contribution in [1.29, 1.82) is 0 Å². The Morgan fingerprint density at radius 3 is 2.54 bits per heavy atom. The van der Waals surface area contributed by atoms with E-state index >= 15 is 0 Å². The topological polar surface area (TPSA) is 42.9 Å². The Kier molecular flexibility index (Phi) is 8.92. The van der Waals surface area contributed by atoms with Gasteiger partial charge in [-0.25, -0.2) is 0 Å². The van der Waals surface area contributed by atoms with Gasteiger partial charge in [0, 0.05) is 45.3 Å². The van der Waals surface area contributed by atoms with Gasteiger partial charge in [0.2, 0.25) is 0 Å². The second-order valence-electron chi connectivity index (χ2n) is 7.62. The molecule has 2 N–H and O–H groups in total. The third-order valence-corrected chi connectivity index (χ3v) is 5.13. The van der Waals surface area contributed by atoms with E-state index in [0.29, 0.717) is 12.1 Å². The van der Waals surface area contributed by atoms with E-state index in [1.54, 1.807) is 0 Å². The number of benzene rings is 1. The van der Waals surface area contributed by atoms with Crippen LogP contribution >= 0.6 is 0 Å². The summed E-state index contributed by atoms with van der Waals surface area (Å²) in [6.07, 6.45) is 3.49. The van der Waals surface area contributed by atoms with Crippen LogP contribution < -0.4 is 10.6 Å². The molecule has 1 aromatic carbocycles. The lowest BCUT2D eigenvalue weighted by Gasteiger charge is -2.35. The SMILES string of the molecule is CN=C(NCCCN(C)Cc1ccccc1)NC1CCN(C(C)C)CC1. The molecule has 1 aliphatic rings. The molecule has 5 heteroatoms.